The van der Waals surface area contributed by atoms with Gasteiger partial charge in [-0.15, -0.1) is 0 Å². The Bertz CT molecular complexity index is 1030. The van der Waals surface area contributed by atoms with Gasteiger partial charge in [-0.1, -0.05) is 60.3 Å². The molecule has 0 unspecified atom stereocenters. The van der Waals surface area contributed by atoms with E-state index in [0.29, 0.717) is 22.9 Å². The van der Waals surface area contributed by atoms with Crippen molar-refractivity contribution in [2.75, 3.05) is 10.2 Å². The van der Waals surface area contributed by atoms with E-state index in [1.807, 2.05) is 24.3 Å². The first kappa shape index (κ1) is 22.6. The second-order valence-corrected chi connectivity index (χ2v) is 9.63. The molecule has 0 spiro atoms. The van der Waals surface area contributed by atoms with E-state index in [2.05, 4.69) is 28.2 Å². The quantitative estimate of drug-likeness (QED) is 0.337. The normalized spacial score (nSPS) is 21.9. The van der Waals surface area contributed by atoms with Crippen LogP contribution in [0.15, 0.2) is 58.8 Å². The van der Waals surface area contributed by atoms with Crippen molar-refractivity contribution >= 4 is 44.8 Å². The molecule has 2 N–H and O–H groups in total. The SMILES string of the molecule is CCCCC1CCC(C(O)=C2C(=O)N(C(=O)Nc3ccccc3)c3ccc(Br)cc32)CC1. The number of halogens is 1. The Labute approximate surface area is 197 Å². The lowest BCUT2D eigenvalue weighted by molar-refractivity contribution is -0.112. The van der Waals surface area contributed by atoms with Gasteiger partial charge in [0.15, 0.2) is 0 Å². The minimum Gasteiger partial charge on any atom is -0.511 e. The fraction of sp³-hybridized carbons (Fsp3) is 0.385. The molecule has 1 aliphatic carbocycles. The summed E-state index contributed by atoms with van der Waals surface area (Å²) in [6.07, 6.45) is 7.57. The van der Waals surface area contributed by atoms with E-state index in [9.17, 15) is 14.7 Å². The van der Waals surface area contributed by atoms with Gasteiger partial charge in [-0.3, -0.25) is 4.79 Å². The fourth-order valence-electron chi connectivity index (χ4n) is 4.81. The van der Waals surface area contributed by atoms with Gasteiger partial charge in [0.25, 0.3) is 5.91 Å². The maximum Gasteiger partial charge on any atom is 0.333 e. The van der Waals surface area contributed by atoms with Crippen molar-refractivity contribution in [2.45, 2.75) is 51.9 Å². The number of hydrogen-bond donors (Lipinski definition) is 2. The molecule has 32 heavy (non-hydrogen) atoms. The lowest BCUT2D eigenvalue weighted by Crippen LogP contribution is -2.37. The Morgan fingerprint density at radius 1 is 1.12 bits per heavy atom. The van der Waals surface area contributed by atoms with Crippen LogP contribution in [-0.4, -0.2) is 17.0 Å². The second kappa shape index (κ2) is 9.90. The van der Waals surface area contributed by atoms with Gasteiger partial charge in [-0.05, 0) is 61.9 Å². The minimum atomic E-state index is -0.532. The van der Waals surface area contributed by atoms with Gasteiger partial charge in [0.2, 0.25) is 0 Å². The Hall–Kier alpha value is -2.60. The maximum absolute atomic E-state index is 13.4. The number of carbonyl (C=O) groups is 2. The zero-order chi connectivity index (χ0) is 22.7. The Morgan fingerprint density at radius 2 is 1.84 bits per heavy atom. The summed E-state index contributed by atoms with van der Waals surface area (Å²) in [5.41, 5.74) is 1.94. The molecule has 1 aliphatic heterocycles. The van der Waals surface area contributed by atoms with Gasteiger partial charge in [-0.25, -0.2) is 9.69 Å². The summed E-state index contributed by atoms with van der Waals surface area (Å²) in [6.45, 7) is 2.21. The summed E-state index contributed by atoms with van der Waals surface area (Å²) >= 11 is 3.47. The smallest absolute Gasteiger partial charge is 0.333 e. The number of imide groups is 1. The van der Waals surface area contributed by atoms with Crippen molar-refractivity contribution in [1.29, 1.82) is 0 Å². The van der Waals surface area contributed by atoms with E-state index in [4.69, 9.17) is 0 Å². The van der Waals surface area contributed by atoms with E-state index < -0.39 is 11.9 Å². The molecular weight excluding hydrogens is 468 g/mol. The molecule has 0 atom stereocenters. The molecule has 6 heteroatoms. The first-order chi connectivity index (χ1) is 15.5. The number of aliphatic hydroxyl groups excluding tert-OH is 1. The standard InChI is InChI=1S/C26H29BrN2O3/c1-2-3-7-17-10-12-18(13-11-17)24(30)23-21-16-19(27)14-15-22(21)29(25(23)31)26(32)28-20-8-5-4-6-9-20/h4-6,8-9,14-18,30H,2-3,7,10-13H2,1H3,(H,28,32). The molecule has 3 amide bonds. The number of para-hydroxylation sites is 1. The van der Waals surface area contributed by atoms with Gasteiger partial charge in [0.1, 0.15) is 5.76 Å². The highest BCUT2D eigenvalue weighted by molar-refractivity contribution is 9.10. The molecule has 0 saturated heterocycles. The van der Waals surface area contributed by atoms with Crippen LogP contribution in [0.4, 0.5) is 16.2 Å². The first-order valence-corrected chi connectivity index (χ1v) is 12.2. The van der Waals surface area contributed by atoms with Crippen LogP contribution in [0.3, 0.4) is 0 Å². The zero-order valence-corrected chi connectivity index (χ0v) is 19.9. The summed E-state index contributed by atoms with van der Waals surface area (Å²) in [7, 11) is 0. The summed E-state index contributed by atoms with van der Waals surface area (Å²) in [5.74, 6) is 0.309. The number of unbranched alkanes of at least 4 members (excludes halogenated alkanes) is 1. The molecule has 4 rings (SSSR count). The van der Waals surface area contributed by atoms with Crippen LogP contribution in [-0.2, 0) is 4.79 Å². The third kappa shape index (κ3) is 4.60. The number of nitrogens with zero attached hydrogens (tertiary/aromatic N) is 1. The monoisotopic (exact) mass is 496 g/mol. The Morgan fingerprint density at radius 3 is 2.53 bits per heavy atom. The average Bonchev–Trinajstić information content (AvgIpc) is 3.09. The number of amides is 3. The number of nitrogens with one attached hydrogen (secondary N) is 1. The molecule has 2 aromatic carbocycles. The van der Waals surface area contributed by atoms with Gasteiger partial charge in [0.05, 0.1) is 11.3 Å². The topological polar surface area (TPSA) is 69.6 Å². The Balaban J connectivity index is 1.61. The number of anilines is 2. The van der Waals surface area contributed by atoms with Gasteiger partial charge in [0, 0.05) is 21.6 Å². The Kier molecular flexibility index (Phi) is 6.99. The maximum atomic E-state index is 13.4. The third-order valence-electron chi connectivity index (χ3n) is 6.57. The second-order valence-electron chi connectivity index (χ2n) is 8.72. The predicted molar refractivity (Wildman–Crippen MR) is 132 cm³/mol. The summed E-state index contributed by atoms with van der Waals surface area (Å²) < 4.78 is 0.794. The van der Waals surface area contributed by atoms with Crippen molar-refractivity contribution in [3.05, 3.63) is 64.3 Å². The van der Waals surface area contributed by atoms with Crippen molar-refractivity contribution < 1.29 is 14.7 Å². The average molecular weight is 497 g/mol. The highest BCUT2D eigenvalue weighted by Gasteiger charge is 2.40. The lowest BCUT2D eigenvalue weighted by Gasteiger charge is -2.28. The fourth-order valence-corrected chi connectivity index (χ4v) is 5.17. The van der Waals surface area contributed by atoms with Crippen LogP contribution in [0, 0.1) is 11.8 Å². The highest BCUT2D eigenvalue weighted by Crippen LogP contribution is 2.44. The highest BCUT2D eigenvalue weighted by atomic mass is 79.9. The van der Waals surface area contributed by atoms with Crippen LogP contribution >= 0.6 is 15.9 Å². The van der Waals surface area contributed by atoms with Gasteiger partial charge >= 0.3 is 6.03 Å². The minimum absolute atomic E-state index is 0.0456. The van der Waals surface area contributed by atoms with Crippen molar-refractivity contribution in [1.82, 2.24) is 0 Å². The number of aliphatic hydroxyl groups is 1. The van der Waals surface area contributed by atoms with E-state index in [1.54, 1.807) is 24.3 Å². The van der Waals surface area contributed by atoms with Crippen LogP contribution in [0.5, 0.6) is 0 Å². The predicted octanol–water partition coefficient (Wildman–Crippen LogP) is 7.29. The van der Waals surface area contributed by atoms with E-state index in [0.717, 1.165) is 35.1 Å². The molecule has 2 aromatic rings. The van der Waals surface area contributed by atoms with Crippen LogP contribution < -0.4 is 10.2 Å². The van der Waals surface area contributed by atoms with Crippen LogP contribution in [0.1, 0.15) is 57.4 Å². The van der Waals surface area contributed by atoms with Gasteiger partial charge in [-0.2, -0.15) is 0 Å². The largest absolute Gasteiger partial charge is 0.511 e. The number of rotatable bonds is 5. The van der Waals surface area contributed by atoms with Crippen LogP contribution in [0.25, 0.3) is 5.57 Å². The lowest BCUT2D eigenvalue weighted by atomic mass is 9.78. The van der Waals surface area contributed by atoms with Crippen molar-refractivity contribution in [2.24, 2.45) is 11.8 Å². The van der Waals surface area contributed by atoms with E-state index in [-0.39, 0.29) is 17.3 Å². The number of benzene rings is 2. The van der Waals surface area contributed by atoms with Gasteiger partial charge < -0.3 is 10.4 Å². The third-order valence-corrected chi connectivity index (χ3v) is 7.06. The molecule has 0 bridgehead atoms. The number of hydrogen-bond acceptors (Lipinski definition) is 3. The van der Waals surface area contributed by atoms with Crippen molar-refractivity contribution in [3.8, 4) is 0 Å². The number of urea groups is 1. The molecular formula is C26H29BrN2O3. The zero-order valence-electron chi connectivity index (χ0n) is 18.3. The van der Waals surface area contributed by atoms with Crippen LogP contribution in [0.2, 0.25) is 0 Å². The molecule has 1 fully saturated rings. The number of fused-ring (bicyclic) bond motifs is 1. The summed E-state index contributed by atoms with van der Waals surface area (Å²) in [6, 6.07) is 13.9. The molecule has 5 nitrogen and oxygen atoms in total. The van der Waals surface area contributed by atoms with E-state index >= 15 is 0 Å². The molecule has 0 radical (unpaired) electrons. The molecule has 2 aliphatic rings. The molecule has 168 valence electrons. The molecule has 1 saturated carbocycles. The summed E-state index contributed by atoms with van der Waals surface area (Å²) in [4.78, 5) is 27.6. The number of carbonyl (C=O) groups excluding carboxylic acids is 2. The van der Waals surface area contributed by atoms with Crippen molar-refractivity contribution in [3.63, 3.8) is 0 Å². The molecule has 1 heterocycles. The van der Waals surface area contributed by atoms with E-state index in [1.165, 1.54) is 19.3 Å². The summed E-state index contributed by atoms with van der Waals surface area (Å²) in [5, 5.41) is 14.0. The molecule has 0 aromatic heterocycles. The number of allylic oxidation sites excluding steroid dienone is 1. The first-order valence-electron chi connectivity index (χ1n) is 11.4.